The van der Waals surface area contributed by atoms with Crippen LogP contribution in [0.15, 0.2) is 12.7 Å². The van der Waals surface area contributed by atoms with E-state index in [0.717, 1.165) is 0 Å². The highest BCUT2D eigenvalue weighted by atomic mass is 14.0. The molecule has 12 heavy (non-hydrogen) atoms. The van der Waals surface area contributed by atoms with E-state index < -0.39 is 0 Å². The predicted molar refractivity (Wildman–Crippen MR) is 60.1 cm³/mol. The Hall–Kier alpha value is -0.700. The quantitative estimate of drug-likeness (QED) is 0.405. The van der Waals surface area contributed by atoms with E-state index in [1.165, 1.54) is 19.3 Å². The Kier molecular flexibility index (Phi) is 32.5. The number of rotatable bonds is 1. The third-order valence-corrected chi connectivity index (χ3v) is 0.825. The molecule has 0 aromatic rings. The van der Waals surface area contributed by atoms with E-state index in [1.807, 2.05) is 19.9 Å². The van der Waals surface area contributed by atoms with Crippen LogP contribution in [0.2, 0.25) is 0 Å². The zero-order chi connectivity index (χ0) is 10.4. The van der Waals surface area contributed by atoms with Gasteiger partial charge in [-0.05, 0) is 5.92 Å². The topological polar surface area (TPSA) is 0 Å². The van der Waals surface area contributed by atoms with Crippen LogP contribution in [-0.2, 0) is 0 Å². The molecule has 0 atom stereocenters. The molecule has 1 fully saturated rings. The van der Waals surface area contributed by atoms with Crippen molar-refractivity contribution in [1.29, 1.82) is 0 Å². The van der Waals surface area contributed by atoms with E-state index in [0.29, 0.717) is 5.92 Å². The molecular weight excluding hydrogens is 144 g/mol. The van der Waals surface area contributed by atoms with Gasteiger partial charge in [0.05, 0.1) is 0 Å². The van der Waals surface area contributed by atoms with E-state index in [9.17, 15) is 0 Å². The van der Waals surface area contributed by atoms with E-state index in [2.05, 4.69) is 33.3 Å². The Morgan fingerprint density at radius 2 is 1.25 bits per heavy atom. The summed E-state index contributed by atoms with van der Waals surface area (Å²) in [5.41, 5.74) is 0. The summed E-state index contributed by atoms with van der Waals surface area (Å²) in [6.45, 7) is 11.8. The first kappa shape index (κ1) is 17.4. The summed E-state index contributed by atoms with van der Waals surface area (Å²) < 4.78 is 0. The maximum atomic E-state index is 4.00. The molecule has 0 heterocycles. The largest absolute Gasteiger partial charge is 0.124 e. The third-order valence-electron chi connectivity index (χ3n) is 0.825. The van der Waals surface area contributed by atoms with Crippen LogP contribution in [0.25, 0.3) is 0 Å². The molecular formula is C12H24. The first-order valence-corrected chi connectivity index (χ1v) is 4.73. The minimum atomic E-state index is 0.648. The van der Waals surface area contributed by atoms with Gasteiger partial charge < -0.3 is 0 Å². The van der Waals surface area contributed by atoms with Gasteiger partial charge in [0.2, 0.25) is 0 Å². The minimum absolute atomic E-state index is 0.648. The summed E-state index contributed by atoms with van der Waals surface area (Å²) in [6.07, 6.45) is 14.4. The molecule has 0 aliphatic heterocycles. The van der Waals surface area contributed by atoms with Gasteiger partial charge >= 0.3 is 0 Å². The van der Waals surface area contributed by atoms with E-state index in [4.69, 9.17) is 0 Å². The molecule has 1 saturated carbocycles. The maximum Gasteiger partial charge on any atom is -0.0293 e. The highest BCUT2D eigenvalue weighted by molar-refractivity contribution is 4.69. The lowest BCUT2D eigenvalue weighted by atomic mass is 10.2. The van der Waals surface area contributed by atoms with Crippen LogP contribution in [-0.4, -0.2) is 0 Å². The maximum absolute atomic E-state index is 4.00. The Morgan fingerprint density at radius 3 is 1.25 bits per heavy atom. The molecule has 0 aromatic carbocycles. The molecule has 1 rings (SSSR count). The number of hydrogen-bond acceptors (Lipinski definition) is 0. The monoisotopic (exact) mass is 168 g/mol. The van der Waals surface area contributed by atoms with Gasteiger partial charge in [-0.15, -0.1) is 19.4 Å². The normalized spacial score (nSPS) is 10.2. The van der Waals surface area contributed by atoms with Crippen molar-refractivity contribution in [3.8, 4) is 12.8 Å². The summed E-state index contributed by atoms with van der Waals surface area (Å²) in [7, 11) is 0. The molecule has 0 spiro atoms. The van der Waals surface area contributed by atoms with Gasteiger partial charge in [-0.3, -0.25) is 0 Å². The molecule has 0 radical (unpaired) electrons. The lowest BCUT2D eigenvalue weighted by molar-refractivity contribution is 0.835. The second kappa shape index (κ2) is 22.4. The Morgan fingerprint density at radius 1 is 1.08 bits per heavy atom. The molecule has 1 aliphatic rings. The van der Waals surface area contributed by atoms with Crippen LogP contribution in [0.4, 0.5) is 0 Å². The summed E-state index contributed by atoms with van der Waals surface area (Å²) in [4.78, 5) is 0. The Labute approximate surface area is 79.1 Å². The predicted octanol–water partition coefficient (Wildman–Crippen LogP) is 4.27. The van der Waals surface area contributed by atoms with Gasteiger partial charge in [-0.25, -0.2) is 0 Å². The van der Waals surface area contributed by atoms with Crippen molar-refractivity contribution in [2.24, 2.45) is 5.92 Å². The highest BCUT2D eigenvalue weighted by Gasteiger charge is 1.95. The van der Waals surface area contributed by atoms with Crippen molar-refractivity contribution in [2.75, 3.05) is 0 Å². The number of terminal acetylenes is 1. The SMILES string of the molecule is C#C.C1CC1.C=CC(C)C.CC. The fourth-order valence-corrected chi connectivity index (χ4v) is 0. The second-order valence-corrected chi connectivity index (χ2v) is 2.54. The summed E-state index contributed by atoms with van der Waals surface area (Å²) >= 11 is 0. The fourth-order valence-electron chi connectivity index (χ4n) is 0. The average Bonchev–Trinajstić information content (AvgIpc) is 2.98. The second-order valence-electron chi connectivity index (χ2n) is 2.54. The summed E-state index contributed by atoms with van der Waals surface area (Å²) in [5, 5.41) is 0. The van der Waals surface area contributed by atoms with Crippen LogP contribution in [0.3, 0.4) is 0 Å². The van der Waals surface area contributed by atoms with Gasteiger partial charge in [-0.1, -0.05) is 53.0 Å². The van der Waals surface area contributed by atoms with E-state index >= 15 is 0 Å². The lowest BCUT2D eigenvalue weighted by Crippen LogP contribution is -1.71. The van der Waals surface area contributed by atoms with Gasteiger partial charge in [0, 0.05) is 0 Å². The summed E-state index contributed by atoms with van der Waals surface area (Å²) in [6, 6.07) is 0. The van der Waals surface area contributed by atoms with Crippen molar-refractivity contribution < 1.29 is 0 Å². The van der Waals surface area contributed by atoms with Crippen LogP contribution in [0.1, 0.15) is 47.0 Å². The van der Waals surface area contributed by atoms with Gasteiger partial charge in [-0.2, -0.15) is 0 Å². The van der Waals surface area contributed by atoms with Crippen molar-refractivity contribution in [1.82, 2.24) is 0 Å². The van der Waals surface area contributed by atoms with Crippen LogP contribution < -0.4 is 0 Å². The molecule has 0 amide bonds. The van der Waals surface area contributed by atoms with Crippen LogP contribution in [0.5, 0.6) is 0 Å². The molecule has 0 bridgehead atoms. The molecule has 1 aliphatic carbocycles. The Bertz CT molecular complexity index is 72.5. The van der Waals surface area contributed by atoms with Crippen molar-refractivity contribution in [3.63, 3.8) is 0 Å². The average molecular weight is 168 g/mol. The zero-order valence-corrected chi connectivity index (χ0v) is 9.14. The van der Waals surface area contributed by atoms with E-state index in [-0.39, 0.29) is 0 Å². The standard InChI is InChI=1S/C5H10.C3H6.C2H6.C2H2/c1-4-5(2)3;1-2-3-1;2*1-2/h4-5H,1H2,2-3H3;1-3H2;1-2H3;1-2H. The van der Waals surface area contributed by atoms with Crippen LogP contribution >= 0.6 is 0 Å². The van der Waals surface area contributed by atoms with Crippen molar-refractivity contribution >= 4 is 0 Å². The van der Waals surface area contributed by atoms with Gasteiger partial charge in [0.15, 0.2) is 0 Å². The van der Waals surface area contributed by atoms with Gasteiger partial charge in [0.1, 0.15) is 0 Å². The molecule has 72 valence electrons. The molecule has 0 aromatic heterocycles. The lowest BCUT2D eigenvalue weighted by Gasteiger charge is -1.84. The van der Waals surface area contributed by atoms with Crippen molar-refractivity contribution in [3.05, 3.63) is 12.7 Å². The first-order valence-electron chi connectivity index (χ1n) is 4.73. The highest BCUT2D eigenvalue weighted by Crippen LogP contribution is 2.14. The minimum Gasteiger partial charge on any atom is -0.124 e. The smallest absolute Gasteiger partial charge is 0.0293 e. The molecule has 0 nitrogen and oxygen atoms in total. The number of allylic oxidation sites excluding steroid dienone is 1. The Balaban J connectivity index is -0.0000000994. The molecule has 0 saturated heterocycles. The third kappa shape index (κ3) is 121. The molecule has 0 N–H and O–H groups in total. The van der Waals surface area contributed by atoms with E-state index in [1.54, 1.807) is 0 Å². The number of hydrogen-bond donors (Lipinski definition) is 0. The summed E-state index contributed by atoms with van der Waals surface area (Å²) in [5.74, 6) is 0.648. The molecule has 0 heteroatoms. The molecule has 0 unspecified atom stereocenters. The van der Waals surface area contributed by atoms with Crippen molar-refractivity contribution in [2.45, 2.75) is 47.0 Å². The van der Waals surface area contributed by atoms with Crippen LogP contribution in [0, 0.1) is 18.8 Å². The fraction of sp³-hybridized carbons (Fsp3) is 0.667. The first-order chi connectivity index (χ1) is 5.77. The zero-order valence-electron chi connectivity index (χ0n) is 9.14. The van der Waals surface area contributed by atoms with Gasteiger partial charge in [0.25, 0.3) is 0 Å².